The highest BCUT2D eigenvalue weighted by Crippen LogP contribution is 2.39. The molecule has 0 atom stereocenters. The summed E-state index contributed by atoms with van der Waals surface area (Å²) in [5.74, 6) is 0.232. The molecule has 0 spiro atoms. The van der Waals surface area contributed by atoms with Gasteiger partial charge in [-0.2, -0.15) is 0 Å². The van der Waals surface area contributed by atoms with E-state index in [9.17, 15) is 15.2 Å². The number of nitro benzene ring substituents is 1. The number of rotatable bonds is 4. The van der Waals surface area contributed by atoms with Crippen molar-refractivity contribution in [3.8, 4) is 11.5 Å². The number of nitrogens with zero attached hydrogens (tertiary/aromatic N) is 1. The van der Waals surface area contributed by atoms with Gasteiger partial charge < -0.3 is 9.84 Å². The van der Waals surface area contributed by atoms with Crippen LogP contribution in [-0.2, 0) is 6.61 Å². The maximum atomic E-state index is 11.1. The number of nitro groups is 1. The Balaban J connectivity index is 2.51. The summed E-state index contributed by atoms with van der Waals surface area (Å²) in [6, 6.07) is 7.35. The van der Waals surface area contributed by atoms with Crippen molar-refractivity contribution in [1.82, 2.24) is 0 Å². The predicted octanol–water partition coefficient (Wildman–Crippen LogP) is 4.95. The van der Waals surface area contributed by atoms with E-state index in [0.29, 0.717) is 10.0 Å². The third-order valence-electron chi connectivity index (χ3n) is 2.62. The Morgan fingerprint density at radius 1 is 1.19 bits per heavy atom. The van der Waals surface area contributed by atoms with Gasteiger partial charge in [-0.25, -0.2) is 0 Å². The molecule has 110 valence electrons. The zero-order valence-corrected chi connectivity index (χ0v) is 13.4. The van der Waals surface area contributed by atoms with Crippen LogP contribution in [0.1, 0.15) is 5.56 Å². The third kappa shape index (κ3) is 3.65. The summed E-state index contributed by atoms with van der Waals surface area (Å²) in [5.41, 5.74) is 0.173. The Morgan fingerprint density at radius 3 is 2.48 bits per heavy atom. The van der Waals surface area contributed by atoms with Crippen LogP contribution in [0.3, 0.4) is 0 Å². The summed E-state index contributed by atoms with van der Waals surface area (Å²) in [5, 5.41) is 20.5. The van der Waals surface area contributed by atoms with E-state index in [0.717, 1.165) is 6.07 Å². The quantitative estimate of drug-likeness (QED) is 0.590. The lowest BCUT2D eigenvalue weighted by atomic mass is 10.2. The number of benzene rings is 2. The Labute approximate surface area is 138 Å². The van der Waals surface area contributed by atoms with Crippen molar-refractivity contribution < 1.29 is 14.8 Å². The number of aliphatic hydroxyl groups is 1. The van der Waals surface area contributed by atoms with Gasteiger partial charge in [-0.3, -0.25) is 10.1 Å². The third-order valence-corrected chi connectivity index (χ3v) is 3.83. The van der Waals surface area contributed by atoms with Gasteiger partial charge in [0, 0.05) is 22.2 Å². The molecule has 0 fully saturated rings. The first-order chi connectivity index (χ1) is 9.92. The van der Waals surface area contributed by atoms with Crippen molar-refractivity contribution in [1.29, 1.82) is 0 Å². The second-order valence-electron chi connectivity index (χ2n) is 4.00. The Hall–Kier alpha value is -1.34. The van der Waals surface area contributed by atoms with Gasteiger partial charge in [0.25, 0.3) is 0 Å². The van der Waals surface area contributed by atoms with Crippen LogP contribution in [0.2, 0.25) is 10.0 Å². The van der Waals surface area contributed by atoms with Crippen LogP contribution in [-0.4, -0.2) is 10.0 Å². The van der Waals surface area contributed by atoms with Gasteiger partial charge in [-0.15, -0.1) is 0 Å². The molecule has 21 heavy (non-hydrogen) atoms. The monoisotopic (exact) mass is 391 g/mol. The first-order valence-electron chi connectivity index (χ1n) is 5.63. The van der Waals surface area contributed by atoms with Gasteiger partial charge in [0.1, 0.15) is 5.75 Å². The second kappa shape index (κ2) is 6.62. The summed E-state index contributed by atoms with van der Waals surface area (Å²) < 4.78 is 6.24. The van der Waals surface area contributed by atoms with E-state index in [1.807, 2.05) is 0 Å². The van der Waals surface area contributed by atoms with Crippen LogP contribution < -0.4 is 4.74 Å². The maximum absolute atomic E-state index is 11.1. The van der Waals surface area contributed by atoms with E-state index in [2.05, 4.69) is 15.9 Å². The average molecular weight is 393 g/mol. The minimum Gasteiger partial charge on any atom is -0.450 e. The molecule has 0 amide bonds. The lowest BCUT2D eigenvalue weighted by Crippen LogP contribution is -1.96. The van der Waals surface area contributed by atoms with Crippen molar-refractivity contribution in [2.75, 3.05) is 0 Å². The molecule has 0 heterocycles. The summed E-state index contributed by atoms with van der Waals surface area (Å²) in [6.07, 6.45) is 0. The van der Waals surface area contributed by atoms with E-state index < -0.39 is 4.92 Å². The highest BCUT2D eigenvalue weighted by Gasteiger charge is 2.20. The fraction of sp³-hybridized carbons (Fsp3) is 0.0769. The van der Waals surface area contributed by atoms with Crippen LogP contribution in [0, 0.1) is 10.1 Å². The molecule has 0 aliphatic rings. The molecule has 0 aromatic heterocycles. The summed E-state index contributed by atoms with van der Waals surface area (Å²) >= 11 is 14.9. The van der Waals surface area contributed by atoms with Crippen LogP contribution in [0.25, 0.3) is 0 Å². The molecular weight excluding hydrogens is 385 g/mol. The van der Waals surface area contributed by atoms with Crippen molar-refractivity contribution in [3.63, 3.8) is 0 Å². The molecule has 0 aliphatic heterocycles. The van der Waals surface area contributed by atoms with E-state index in [1.165, 1.54) is 6.07 Å². The summed E-state index contributed by atoms with van der Waals surface area (Å²) in [7, 11) is 0. The number of aliphatic hydroxyl groups excluding tert-OH is 1. The van der Waals surface area contributed by atoms with Gasteiger partial charge in [0.15, 0.2) is 0 Å². The van der Waals surface area contributed by atoms with Gasteiger partial charge in [0.05, 0.1) is 21.6 Å². The number of hydrogen-bond acceptors (Lipinski definition) is 4. The first kappa shape index (κ1) is 16.0. The minimum absolute atomic E-state index is 0.0535. The van der Waals surface area contributed by atoms with Crippen molar-refractivity contribution in [2.24, 2.45) is 0 Å². The SMILES string of the molecule is O=[N+]([O-])c1cc(Cl)c(Cl)cc1Oc1cc(Br)ccc1CO. The molecule has 2 aromatic carbocycles. The molecule has 2 aromatic rings. The predicted molar refractivity (Wildman–Crippen MR) is 83.3 cm³/mol. The lowest BCUT2D eigenvalue weighted by Gasteiger charge is -2.11. The Kier molecular flexibility index (Phi) is 5.05. The topological polar surface area (TPSA) is 72.6 Å². The molecular formula is C13H8BrCl2NO4. The van der Waals surface area contributed by atoms with Gasteiger partial charge in [-0.1, -0.05) is 45.2 Å². The standard InChI is InChI=1S/C13H8BrCl2NO4/c14-8-2-1-7(6-18)12(3-8)21-13-5-10(16)9(15)4-11(13)17(19)20/h1-5,18H,6H2. The Morgan fingerprint density at radius 2 is 1.86 bits per heavy atom. The molecule has 0 saturated carbocycles. The molecule has 0 saturated heterocycles. The van der Waals surface area contributed by atoms with Gasteiger partial charge >= 0.3 is 5.69 Å². The minimum atomic E-state index is -0.617. The highest BCUT2D eigenvalue weighted by molar-refractivity contribution is 9.10. The molecule has 8 heteroatoms. The smallest absolute Gasteiger partial charge is 0.313 e. The van der Waals surface area contributed by atoms with Gasteiger partial charge in [0.2, 0.25) is 5.75 Å². The lowest BCUT2D eigenvalue weighted by molar-refractivity contribution is -0.385. The number of hydrogen-bond donors (Lipinski definition) is 1. The number of ether oxygens (including phenoxy) is 1. The van der Waals surface area contributed by atoms with E-state index in [1.54, 1.807) is 18.2 Å². The first-order valence-corrected chi connectivity index (χ1v) is 7.18. The molecule has 0 bridgehead atoms. The molecule has 5 nitrogen and oxygen atoms in total. The van der Waals surface area contributed by atoms with E-state index >= 15 is 0 Å². The van der Waals surface area contributed by atoms with Crippen molar-refractivity contribution in [3.05, 3.63) is 60.5 Å². The van der Waals surface area contributed by atoms with Crippen LogP contribution in [0.15, 0.2) is 34.8 Å². The molecule has 0 radical (unpaired) electrons. The van der Waals surface area contributed by atoms with Crippen LogP contribution >= 0.6 is 39.1 Å². The molecule has 0 aliphatic carbocycles. The fourth-order valence-corrected chi connectivity index (χ4v) is 2.27. The van der Waals surface area contributed by atoms with E-state index in [-0.39, 0.29) is 33.8 Å². The summed E-state index contributed by atoms with van der Waals surface area (Å²) in [4.78, 5) is 10.4. The summed E-state index contributed by atoms with van der Waals surface area (Å²) in [6.45, 7) is -0.266. The van der Waals surface area contributed by atoms with E-state index in [4.69, 9.17) is 27.9 Å². The largest absolute Gasteiger partial charge is 0.450 e. The molecule has 0 unspecified atom stereocenters. The molecule has 1 N–H and O–H groups in total. The van der Waals surface area contributed by atoms with Gasteiger partial charge in [-0.05, 0) is 12.1 Å². The number of halogens is 3. The Bertz CT molecular complexity index is 709. The van der Waals surface area contributed by atoms with Crippen molar-refractivity contribution in [2.45, 2.75) is 6.61 Å². The maximum Gasteiger partial charge on any atom is 0.313 e. The normalized spacial score (nSPS) is 10.5. The zero-order valence-electron chi connectivity index (χ0n) is 10.3. The second-order valence-corrected chi connectivity index (χ2v) is 5.73. The van der Waals surface area contributed by atoms with Crippen LogP contribution in [0.5, 0.6) is 11.5 Å². The zero-order chi connectivity index (χ0) is 15.6. The molecule has 2 rings (SSSR count). The fourth-order valence-electron chi connectivity index (χ4n) is 1.61. The average Bonchev–Trinajstić information content (AvgIpc) is 2.42. The van der Waals surface area contributed by atoms with Crippen molar-refractivity contribution >= 4 is 44.8 Å². The van der Waals surface area contributed by atoms with Crippen LogP contribution in [0.4, 0.5) is 5.69 Å². The highest BCUT2D eigenvalue weighted by atomic mass is 79.9.